The van der Waals surface area contributed by atoms with Gasteiger partial charge in [-0.05, 0) is 0 Å². The maximum Gasteiger partial charge on any atom is 0.252 e. The fraction of sp³-hybridized carbons (Fsp3) is 0.400. The van der Waals surface area contributed by atoms with Crippen molar-refractivity contribution in [1.29, 1.82) is 0 Å². The van der Waals surface area contributed by atoms with Gasteiger partial charge in [0.05, 0.1) is 13.7 Å². The van der Waals surface area contributed by atoms with Crippen LogP contribution in [-0.2, 0) is 17.9 Å². The molecule has 0 radical (unpaired) electrons. The molecular formula is C10H13N5O3. The number of rotatable bonds is 6. The predicted molar refractivity (Wildman–Crippen MR) is 60.9 cm³/mol. The van der Waals surface area contributed by atoms with Gasteiger partial charge in [0, 0.05) is 13.2 Å². The molecule has 1 N–H and O–H groups in total. The molecule has 0 unspecified atom stereocenters. The smallest absolute Gasteiger partial charge is 0.252 e. The highest BCUT2D eigenvalue weighted by molar-refractivity contribution is 5.36. The van der Waals surface area contributed by atoms with Crippen molar-refractivity contribution in [2.45, 2.75) is 13.2 Å². The largest absolute Gasteiger partial charge is 0.481 e. The lowest BCUT2D eigenvalue weighted by Gasteiger charge is -2.03. The van der Waals surface area contributed by atoms with E-state index in [1.165, 1.54) is 6.33 Å². The monoisotopic (exact) mass is 251 g/mol. The summed E-state index contributed by atoms with van der Waals surface area (Å²) < 4.78 is 14.8. The third kappa shape index (κ3) is 3.14. The second-order valence-electron chi connectivity index (χ2n) is 3.34. The first-order valence-corrected chi connectivity index (χ1v) is 5.22. The molecule has 18 heavy (non-hydrogen) atoms. The Hall–Kier alpha value is -2.22. The van der Waals surface area contributed by atoms with Crippen molar-refractivity contribution in [3.63, 3.8) is 0 Å². The molecule has 0 aliphatic carbocycles. The Kier molecular flexibility index (Phi) is 4.02. The molecule has 0 fully saturated rings. The molecule has 8 heteroatoms. The molecule has 2 aromatic rings. The van der Waals surface area contributed by atoms with E-state index in [2.05, 4.69) is 25.4 Å². The average Bonchev–Trinajstić information content (AvgIpc) is 2.85. The van der Waals surface area contributed by atoms with Crippen LogP contribution in [-0.4, -0.2) is 34.3 Å². The van der Waals surface area contributed by atoms with Gasteiger partial charge in [0.25, 0.3) is 5.89 Å². The third-order valence-corrected chi connectivity index (χ3v) is 2.06. The number of nitrogens with one attached hydrogen (secondary N) is 1. The van der Waals surface area contributed by atoms with E-state index in [-0.39, 0.29) is 0 Å². The molecule has 8 nitrogen and oxygen atoms in total. The van der Waals surface area contributed by atoms with Crippen LogP contribution in [0.4, 0.5) is 5.82 Å². The summed E-state index contributed by atoms with van der Waals surface area (Å²) in [6.45, 7) is 0.696. The lowest BCUT2D eigenvalue weighted by atomic mass is 10.5. The van der Waals surface area contributed by atoms with E-state index >= 15 is 0 Å². The van der Waals surface area contributed by atoms with E-state index in [0.717, 1.165) is 0 Å². The van der Waals surface area contributed by atoms with Gasteiger partial charge < -0.3 is 19.3 Å². The van der Waals surface area contributed by atoms with Crippen molar-refractivity contribution >= 4 is 5.82 Å². The van der Waals surface area contributed by atoms with Gasteiger partial charge in [-0.1, -0.05) is 5.16 Å². The van der Waals surface area contributed by atoms with Gasteiger partial charge >= 0.3 is 0 Å². The van der Waals surface area contributed by atoms with Crippen LogP contribution >= 0.6 is 0 Å². The van der Waals surface area contributed by atoms with Crippen LogP contribution in [0, 0.1) is 0 Å². The fourth-order valence-corrected chi connectivity index (χ4v) is 1.26. The van der Waals surface area contributed by atoms with Gasteiger partial charge in [-0.3, -0.25) is 0 Å². The Morgan fingerprint density at radius 1 is 1.33 bits per heavy atom. The summed E-state index contributed by atoms with van der Waals surface area (Å²) in [5, 5.41) is 6.82. The zero-order valence-corrected chi connectivity index (χ0v) is 10.1. The summed E-state index contributed by atoms with van der Waals surface area (Å²) in [6, 6.07) is 1.68. The molecule has 0 spiro atoms. The number of ether oxygens (including phenoxy) is 2. The first-order valence-electron chi connectivity index (χ1n) is 5.22. The number of hydrogen-bond acceptors (Lipinski definition) is 8. The van der Waals surface area contributed by atoms with Crippen molar-refractivity contribution < 1.29 is 14.0 Å². The second-order valence-corrected chi connectivity index (χ2v) is 3.34. The zero-order valence-electron chi connectivity index (χ0n) is 10.1. The SMILES string of the molecule is COCc1nc(CNc2cc(OC)ncn2)no1. The minimum Gasteiger partial charge on any atom is -0.481 e. The maximum atomic E-state index is 4.99. The number of anilines is 1. The summed E-state index contributed by atoms with van der Waals surface area (Å²) in [4.78, 5) is 12.1. The maximum absolute atomic E-state index is 4.99. The van der Waals surface area contributed by atoms with Gasteiger partial charge in [-0.15, -0.1) is 0 Å². The van der Waals surface area contributed by atoms with E-state index < -0.39 is 0 Å². The Bertz CT molecular complexity index is 502. The van der Waals surface area contributed by atoms with Crippen LogP contribution in [0.2, 0.25) is 0 Å². The van der Waals surface area contributed by atoms with Crippen molar-refractivity contribution in [3.05, 3.63) is 24.1 Å². The van der Waals surface area contributed by atoms with Crippen molar-refractivity contribution in [3.8, 4) is 5.88 Å². The highest BCUT2D eigenvalue weighted by atomic mass is 16.5. The summed E-state index contributed by atoms with van der Waals surface area (Å²) in [7, 11) is 3.11. The van der Waals surface area contributed by atoms with Gasteiger partial charge in [0.1, 0.15) is 18.8 Å². The normalized spacial score (nSPS) is 10.3. The molecule has 0 bridgehead atoms. The minimum atomic E-state index is 0.300. The van der Waals surface area contributed by atoms with Crippen LogP contribution in [0.3, 0.4) is 0 Å². The fourth-order valence-electron chi connectivity index (χ4n) is 1.26. The van der Waals surface area contributed by atoms with Gasteiger partial charge in [0.2, 0.25) is 5.88 Å². The molecule has 0 aliphatic rings. The highest BCUT2D eigenvalue weighted by Crippen LogP contribution is 2.10. The number of hydrogen-bond donors (Lipinski definition) is 1. The van der Waals surface area contributed by atoms with Crippen LogP contribution in [0.5, 0.6) is 5.88 Å². The molecule has 2 rings (SSSR count). The van der Waals surface area contributed by atoms with Gasteiger partial charge in [-0.2, -0.15) is 4.98 Å². The molecule has 0 saturated heterocycles. The van der Waals surface area contributed by atoms with E-state index in [4.69, 9.17) is 14.0 Å². The molecule has 0 aliphatic heterocycles. The Morgan fingerprint density at radius 3 is 3.00 bits per heavy atom. The number of methoxy groups -OCH3 is 2. The van der Waals surface area contributed by atoms with Crippen LogP contribution in [0.25, 0.3) is 0 Å². The van der Waals surface area contributed by atoms with E-state index in [1.807, 2.05) is 0 Å². The van der Waals surface area contributed by atoms with Crippen molar-refractivity contribution in [2.75, 3.05) is 19.5 Å². The van der Waals surface area contributed by atoms with E-state index in [1.54, 1.807) is 20.3 Å². The standard InChI is InChI=1S/C10H13N5O3/c1-16-5-10-14-8(15-18-10)4-11-7-3-9(17-2)13-6-12-7/h3,6H,4-5H2,1-2H3,(H,11,12,13). The Balaban J connectivity index is 1.93. The van der Waals surface area contributed by atoms with E-state index in [9.17, 15) is 0 Å². The Labute approximate surface area is 103 Å². The lowest BCUT2D eigenvalue weighted by Crippen LogP contribution is -2.04. The molecule has 96 valence electrons. The third-order valence-electron chi connectivity index (χ3n) is 2.06. The molecule has 0 aromatic carbocycles. The summed E-state index contributed by atoms with van der Waals surface area (Å²) in [5.41, 5.74) is 0. The number of aromatic nitrogens is 4. The minimum absolute atomic E-state index is 0.300. The van der Waals surface area contributed by atoms with Crippen LogP contribution < -0.4 is 10.1 Å². The molecule has 2 heterocycles. The molecule has 2 aromatic heterocycles. The highest BCUT2D eigenvalue weighted by Gasteiger charge is 2.06. The molecule has 0 saturated carbocycles. The second kappa shape index (κ2) is 5.92. The quantitative estimate of drug-likeness (QED) is 0.798. The average molecular weight is 251 g/mol. The molecule has 0 amide bonds. The molecular weight excluding hydrogens is 238 g/mol. The van der Waals surface area contributed by atoms with Crippen LogP contribution in [0.15, 0.2) is 16.9 Å². The lowest BCUT2D eigenvalue weighted by molar-refractivity contribution is 0.151. The first kappa shape index (κ1) is 12.2. The van der Waals surface area contributed by atoms with Gasteiger partial charge in [0.15, 0.2) is 5.82 Å². The summed E-state index contributed by atoms with van der Waals surface area (Å²) in [6.07, 6.45) is 1.41. The summed E-state index contributed by atoms with van der Waals surface area (Å²) in [5.74, 6) is 2.08. The molecule has 0 atom stereocenters. The predicted octanol–water partition coefficient (Wildman–Crippen LogP) is 0.627. The van der Waals surface area contributed by atoms with E-state index in [0.29, 0.717) is 36.6 Å². The summed E-state index contributed by atoms with van der Waals surface area (Å²) >= 11 is 0. The van der Waals surface area contributed by atoms with Gasteiger partial charge in [-0.25, -0.2) is 9.97 Å². The van der Waals surface area contributed by atoms with Crippen molar-refractivity contribution in [2.24, 2.45) is 0 Å². The van der Waals surface area contributed by atoms with Crippen molar-refractivity contribution in [1.82, 2.24) is 20.1 Å². The topological polar surface area (TPSA) is 95.2 Å². The first-order chi connectivity index (χ1) is 8.81. The van der Waals surface area contributed by atoms with Crippen LogP contribution in [0.1, 0.15) is 11.7 Å². The zero-order chi connectivity index (χ0) is 12.8. The number of nitrogens with zero attached hydrogens (tertiary/aromatic N) is 4. The Morgan fingerprint density at radius 2 is 2.22 bits per heavy atom.